The number of hydrogen-bond acceptors (Lipinski definition) is 3. The molecule has 0 fully saturated rings. The molecular formula is C16H23NO2. The molecule has 1 aliphatic rings. The molecule has 1 aromatic rings. The number of carbonyl (C=O) groups is 1. The number of rotatable bonds is 6. The molecule has 3 heteroatoms. The van der Waals surface area contributed by atoms with Crippen molar-refractivity contribution >= 4 is 6.29 Å². The number of phenols is 1. The first-order chi connectivity index (χ1) is 9.21. The lowest BCUT2D eigenvalue weighted by Crippen LogP contribution is -2.37. The van der Waals surface area contributed by atoms with Crippen LogP contribution in [-0.4, -0.2) is 35.4 Å². The first kappa shape index (κ1) is 14.1. The Hall–Kier alpha value is -1.35. The molecule has 1 aromatic carbocycles. The van der Waals surface area contributed by atoms with Crippen LogP contribution in [0.5, 0.6) is 5.75 Å². The monoisotopic (exact) mass is 261 g/mol. The number of aldehydes is 1. The summed E-state index contributed by atoms with van der Waals surface area (Å²) in [5, 5.41) is 10.1. The van der Waals surface area contributed by atoms with Crippen LogP contribution in [0.15, 0.2) is 12.1 Å². The van der Waals surface area contributed by atoms with Gasteiger partial charge < -0.3 is 5.11 Å². The van der Waals surface area contributed by atoms with Crippen molar-refractivity contribution in [2.45, 2.75) is 45.6 Å². The minimum Gasteiger partial charge on any atom is -0.507 e. The van der Waals surface area contributed by atoms with E-state index in [0.717, 1.165) is 50.6 Å². The van der Waals surface area contributed by atoms with Crippen molar-refractivity contribution in [3.05, 3.63) is 28.8 Å². The van der Waals surface area contributed by atoms with Gasteiger partial charge in [0.05, 0.1) is 5.56 Å². The van der Waals surface area contributed by atoms with Crippen LogP contribution >= 0.6 is 0 Å². The number of carbonyl (C=O) groups excluding carboxylic acids is 1. The Labute approximate surface area is 115 Å². The van der Waals surface area contributed by atoms with Gasteiger partial charge >= 0.3 is 0 Å². The predicted octanol–water partition coefficient (Wildman–Crippen LogP) is 2.79. The lowest BCUT2D eigenvalue weighted by atomic mass is 10.1. The molecule has 2 rings (SSSR count). The second-order valence-corrected chi connectivity index (χ2v) is 5.36. The molecule has 0 amide bonds. The predicted molar refractivity (Wildman–Crippen MR) is 76.8 cm³/mol. The van der Waals surface area contributed by atoms with E-state index in [0.29, 0.717) is 11.6 Å². The first-order valence-electron chi connectivity index (χ1n) is 7.24. The van der Waals surface area contributed by atoms with Gasteiger partial charge in [-0.25, -0.2) is 0 Å². The zero-order chi connectivity index (χ0) is 13.8. The molecule has 0 saturated carbocycles. The summed E-state index contributed by atoms with van der Waals surface area (Å²) >= 11 is 0. The molecule has 0 saturated heterocycles. The van der Waals surface area contributed by atoms with Gasteiger partial charge in [0.2, 0.25) is 0 Å². The van der Waals surface area contributed by atoms with E-state index < -0.39 is 0 Å². The third-order valence-electron chi connectivity index (χ3n) is 3.97. The zero-order valence-corrected chi connectivity index (χ0v) is 11.9. The van der Waals surface area contributed by atoms with Gasteiger partial charge in [-0.05, 0) is 56.0 Å². The summed E-state index contributed by atoms with van der Waals surface area (Å²) in [5.74, 6) is 0.197. The molecule has 1 aliphatic carbocycles. The SMILES string of the molecule is CCCN(CCC)C1Cc2ccc(C=O)c(O)c2C1. The van der Waals surface area contributed by atoms with E-state index in [1.165, 1.54) is 5.56 Å². The summed E-state index contributed by atoms with van der Waals surface area (Å²) in [5.41, 5.74) is 2.59. The van der Waals surface area contributed by atoms with Gasteiger partial charge in [0, 0.05) is 6.04 Å². The summed E-state index contributed by atoms with van der Waals surface area (Å²) in [4.78, 5) is 13.4. The molecule has 0 spiro atoms. The fourth-order valence-corrected chi connectivity index (χ4v) is 3.08. The van der Waals surface area contributed by atoms with Crippen LogP contribution in [0.25, 0.3) is 0 Å². The number of nitrogens with zero attached hydrogens (tertiary/aromatic N) is 1. The molecule has 0 aliphatic heterocycles. The minimum absolute atomic E-state index is 0.197. The molecular weight excluding hydrogens is 238 g/mol. The molecule has 0 bridgehead atoms. The highest BCUT2D eigenvalue weighted by molar-refractivity contribution is 5.80. The molecule has 3 nitrogen and oxygen atoms in total. The second kappa shape index (κ2) is 6.20. The van der Waals surface area contributed by atoms with Gasteiger partial charge in [-0.1, -0.05) is 19.9 Å². The molecule has 1 N–H and O–H groups in total. The third kappa shape index (κ3) is 2.81. The van der Waals surface area contributed by atoms with Crippen LogP contribution in [0.2, 0.25) is 0 Å². The van der Waals surface area contributed by atoms with Gasteiger partial charge in [-0.3, -0.25) is 9.69 Å². The van der Waals surface area contributed by atoms with Crippen LogP contribution in [0.4, 0.5) is 0 Å². The quantitative estimate of drug-likeness (QED) is 0.800. The highest BCUT2D eigenvalue weighted by atomic mass is 16.3. The van der Waals surface area contributed by atoms with Crippen molar-refractivity contribution in [3.8, 4) is 5.75 Å². The Morgan fingerprint density at radius 1 is 1.26 bits per heavy atom. The first-order valence-corrected chi connectivity index (χ1v) is 7.24. The standard InChI is InChI=1S/C16H23NO2/c1-3-7-17(8-4-2)14-9-12-5-6-13(11-18)16(19)15(12)10-14/h5-6,11,14,19H,3-4,7-10H2,1-2H3. The Balaban J connectivity index is 2.19. The average molecular weight is 261 g/mol. The summed E-state index contributed by atoms with van der Waals surface area (Å²) in [7, 11) is 0. The van der Waals surface area contributed by atoms with Crippen LogP contribution in [0, 0.1) is 0 Å². The molecule has 0 aromatic heterocycles. The molecule has 1 atom stereocenters. The number of aromatic hydroxyl groups is 1. The smallest absolute Gasteiger partial charge is 0.153 e. The Morgan fingerprint density at radius 2 is 1.95 bits per heavy atom. The van der Waals surface area contributed by atoms with Crippen molar-refractivity contribution in [1.29, 1.82) is 0 Å². The number of phenolic OH excluding ortho intramolecular Hbond substituents is 1. The zero-order valence-electron chi connectivity index (χ0n) is 11.9. The number of hydrogen-bond donors (Lipinski definition) is 1. The maximum atomic E-state index is 10.9. The number of fused-ring (bicyclic) bond motifs is 1. The topological polar surface area (TPSA) is 40.5 Å². The molecule has 1 unspecified atom stereocenters. The Morgan fingerprint density at radius 3 is 2.53 bits per heavy atom. The van der Waals surface area contributed by atoms with Gasteiger partial charge in [0.25, 0.3) is 0 Å². The van der Waals surface area contributed by atoms with E-state index in [-0.39, 0.29) is 5.75 Å². The van der Waals surface area contributed by atoms with E-state index in [2.05, 4.69) is 18.7 Å². The highest BCUT2D eigenvalue weighted by Crippen LogP contribution is 2.34. The van der Waals surface area contributed by atoms with E-state index >= 15 is 0 Å². The Kier molecular flexibility index (Phi) is 4.59. The fourth-order valence-electron chi connectivity index (χ4n) is 3.08. The minimum atomic E-state index is 0.197. The Bertz CT molecular complexity index is 450. The normalized spacial score (nSPS) is 17.7. The van der Waals surface area contributed by atoms with Crippen LogP contribution in [-0.2, 0) is 12.8 Å². The van der Waals surface area contributed by atoms with E-state index in [4.69, 9.17) is 0 Å². The summed E-state index contributed by atoms with van der Waals surface area (Å²) in [6.07, 6.45) is 4.89. The van der Waals surface area contributed by atoms with Gasteiger partial charge in [-0.2, -0.15) is 0 Å². The van der Waals surface area contributed by atoms with E-state index in [1.54, 1.807) is 6.07 Å². The molecule has 0 radical (unpaired) electrons. The van der Waals surface area contributed by atoms with E-state index in [9.17, 15) is 9.90 Å². The summed E-state index contributed by atoms with van der Waals surface area (Å²) in [6, 6.07) is 4.20. The average Bonchev–Trinajstić information content (AvgIpc) is 2.84. The van der Waals surface area contributed by atoms with Crippen molar-refractivity contribution < 1.29 is 9.90 Å². The maximum absolute atomic E-state index is 10.9. The second-order valence-electron chi connectivity index (χ2n) is 5.36. The molecule has 0 heterocycles. The highest BCUT2D eigenvalue weighted by Gasteiger charge is 2.28. The lowest BCUT2D eigenvalue weighted by Gasteiger charge is -2.27. The van der Waals surface area contributed by atoms with Crippen LogP contribution < -0.4 is 0 Å². The van der Waals surface area contributed by atoms with Gasteiger partial charge in [0.1, 0.15) is 5.75 Å². The van der Waals surface area contributed by atoms with Crippen molar-refractivity contribution in [1.82, 2.24) is 4.90 Å². The molecule has 19 heavy (non-hydrogen) atoms. The lowest BCUT2D eigenvalue weighted by molar-refractivity contribution is 0.112. The molecule has 104 valence electrons. The maximum Gasteiger partial charge on any atom is 0.153 e. The van der Waals surface area contributed by atoms with Crippen LogP contribution in [0.1, 0.15) is 48.2 Å². The van der Waals surface area contributed by atoms with E-state index in [1.807, 2.05) is 6.07 Å². The third-order valence-corrected chi connectivity index (χ3v) is 3.97. The summed E-state index contributed by atoms with van der Waals surface area (Å²) in [6.45, 7) is 6.61. The number of benzene rings is 1. The largest absolute Gasteiger partial charge is 0.507 e. The van der Waals surface area contributed by atoms with Crippen LogP contribution in [0.3, 0.4) is 0 Å². The van der Waals surface area contributed by atoms with Crippen molar-refractivity contribution in [2.75, 3.05) is 13.1 Å². The summed E-state index contributed by atoms with van der Waals surface area (Å²) < 4.78 is 0. The van der Waals surface area contributed by atoms with Crippen molar-refractivity contribution in [2.24, 2.45) is 0 Å². The van der Waals surface area contributed by atoms with Crippen molar-refractivity contribution in [3.63, 3.8) is 0 Å². The van der Waals surface area contributed by atoms with Gasteiger partial charge in [0.15, 0.2) is 6.29 Å². The van der Waals surface area contributed by atoms with Gasteiger partial charge in [-0.15, -0.1) is 0 Å². The fraction of sp³-hybridized carbons (Fsp3) is 0.562.